The Morgan fingerprint density at radius 3 is 2.77 bits per heavy atom. The Labute approximate surface area is 156 Å². The average Bonchev–Trinajstić information content (AvgIpc) is 2.95. The minimum absolute atomic E-state index is 0.118. The Morgan fingerprint density at radius 2 is 2.04 bits per heavy atom. The number of anilines is 1. The molecule has 5 nitrogen and oxygen atoms in total. The van der Waals surface area contributed by atoms with Crippen molar-refractivity contribution in [3.63, 3.8) is 0 Å². The highest BCUT2D eigenvalue weighted by atomic mass is 32.2. The fourth-order valence-electron chi connectivity index (χ4n) is 2.36. The molecular formula is C16H15F3N4OS2. The van der Waals surface area contributed by atoms with E-state index in [2.05, 4.69) is 15.0 Å². The maximum absolute atomic E-state index is 12.6. The Balaban J connectivity index is 1.69. The molecule has 3 aromatic rings. The number of nitrogens with two attached hydrogens (primary N) is 1. The smallest absolute Gasteiger partial charge is 0.393 e. The van der Waals surface area contributed by atoms with Gasteiger partial charge >= 0.3 is 6.18 Å². The van der Waals surface area contributed by atoms with Crippen LogP contribution in [0.2, 0.25) is 0 Å². The molecule has 0 amide bonds. The number of nitrogen functional groups attached to an aromatic ring is 1. The lowest BCUT2D eigenvalue weighted by atomic mass is 10.1. The molecule has 0 saturated carbocycles. The highest BCUT2D eigenvalue weighted by Crippen LogP contribution is 2.29. The van der Waals surface area contributed by atoms with Crippen LogP contribution in [0, 0.1) is 0 Å². The number of halogens is 3. The SMILES string of the molecule is CSc1cc(N)nc(SCCc2cc3c(CC(F)(F)F)coc3cn2)n1. The van der Waals surface area contributed by atoms with E-state index in [9.17, 15) is 13.2 Å². The zero-order valence-electron chi connectivity index (χ0n) is 13.7. The first-order valence-corrected chi connectivity index (χ1v) is 9.78. The van der Waals surface area contributed by atoms with Crippen molar-refractivity contribution >= 4 is 40.3 Å². The molecule has 0 saturated heterocycles. The van der Waals surface area contributed by atoms with Gasteiger partial charge in [-0.15, -0.1) is 11.8 Å². The van der Waals surface area contributed by atoms with Crippen LogP contribution in [-0.2, 0) is 12.8 Å². The first kappa shape index (κ1) is 18.8. The zero-order valence-corrected chi connectivity index (χ0v) is 15.3. The number of alkyl halides is 3. The van der Waals surface area contributed by atoms with Crippen LogP contribution in [0.4, 0.5) is 19.0 Å². The molecule has 0 spiro atoms. The number of hydrogen-bond donors (Lipinski definition) is 1. The summed E-state index contributed by atoms with van der Waals surface area (Å²) >= 11 is 2.90. The number of thioether (sulfide) groups is 2. The Kier molecular flexibility index (Phi) is 5.61. The maximum Gasteiger partial charge on any atom is 0.393 e. The van der Waals surface area contributed by atoms with Gasteiger partial charge in [-0.1, -0.05) is 11.8 Å². The second-order valence-electron chi connectivity index (χ2n) is 5.44. The summed E-state index contributed by atoms with van der Waals surface area (Å²) in [6.07, 6.45) is -0.244. The van der Waals surface area contributed by atoms with E-state index in [0.717, 1.165) is 11.3 Å². The maximum atomic E-state index is 12.6. The lowest BCUT2D eigenvalue weighted by Gasteiger charge is -2.05. The van der Waals surface area contributed by atoms with Gasteiger partial charge in [0.1, 0.15) is 10.8 Å². The van der Waals surface area contributed by atoms with Crippen LogP contribution in [0.15, 0.2) is 39.2 Å². The fourth-order valence-corrected chi connectivity index (χ4v) is 3.66. The van der Waals surface area contributed by atoms with Gasteiger partial charge in [-0.05, 0) is 18.7 Å². The number of furan rings is 1. The first-order valence-electron chi connectivity index (χ1n) is 7.57. The molecule has 138 valence electrons. The monoisotopic (exact) mass is 400 g/mol. The van der Waals surface area contributed by atoms with Crippen molar-refractivity contribution < 1.29 is 17.6 Å². The van der Waals surface area contributed by atoms with E-state index < -0.39 is 12.6 Å². The van der Waals surface area contributed by atoms with Gasteiger partial charge in [-0.3, -0.25) is 4.98 Å². The molecule has 0 unspecified atom stereocenters. The standard InChI is InChI=1S/C16H15F3N4OS2/c1-25-14-5-13(20)22-15(23-14)26-3-2-10-4-11-9(6-16(17,18)19)8-24-12(11)7-21-10/h4-5,7-8H,2-3,6H2,1H3,(H2,20,22,23). The van der Waals surface area contributed by atoms with Crippen LogP contribution in [0.25, 0.3) is 11.0 Å². The fraction of sp³-hybridized carbons (Fsp3) is 0.312. The van der Waals surface area contributed by atoms with Crippen LogP contribution >= 0.6 is 23.5 Å². The highest BCUT2D eigenvalue weighted by Gasteiger charge is 2.29. The van der Waals surface area contributed by atoms with Gasteiger partial charge in [-0.25, -0.2) is 9.97 Å². The van der Waals surface area contributed by atoms with Gasteiger partial charge in [0.25, 0.3) is 0 Å². The van der Waals surface area contributed by atoms with E-state index >= 15 is 0 Å². The Bertz CT molecular complexity index is 914. The van der Waals surface area contributed by atoms with Gasteiger partial charge < -0.3 is 10.2 Å². The molecule has 0 aliphatic rings. The number of aryl methyl sites for hydroxylation is 1. The molecule has 0 atom stereocenters. The Morgan fingerprint density at radius 1 is 1.23 bits per heavy atom. The topological polar surface area (TPSA) is 77.8 Å². The number of rotatable bonds is 6. The average molecular weight is 400 g/mol. The molecule has 0 bridgehead atoms. The third-order valence-electron chi connectivity index (χ3n) is 3.49. The van der Waals surface area contributed by atoms with Crippen molar-refractivity contribution in [1.29, 1.82) is 0 Å². The largest absolute Gasteiger partial charge is 0.462 e. The summed E-state index contributed by atoms with van der Waals surface area (Å²) in [5, 5.41) is 1.80. The van der Waals surface area contributed by atoms with E-state index in [4.69, 9.17) is 10.2 Å². The minimum atomic E-state index is -4.28. The van der Waals surface area contributed by atoms with Gasteiger partial charge in [0.05, 0.1) is 18.9 Å². The Hall–Kier alpha value is -1.94. The molecule has 0 radical (unpaired) electrons. The molecule has 10 heteroatoms. The quantitative estimate of drug-likeness (QED) is 0.374. The van der Waals surface area contributed by atoms with Crippen LogP contribution in [-0.4, -0.2) is 33.1 Å². The summed E-state index contributed by atoms with van der Waals surface area (Å²) in [4.78, 5) is 12.8. The predicted octanol–water partition coefficient (Wildman–Crippen LogP) is 4.36. The number of fused-ring (bicyclic) bond motifs is 1. The number of nitrogens with zero attached hydrogens (tertiary/aromatic N) is 3. The lowest BCUT2D eigenvalue weighted by Crippen LogP contribution is -2.11. The van der Waals surface area contributed by atoms with Gasteiger partial charge in [-0.2, -0.15) is 13.2 Å². The van der Waals surface area contributed by atoms with E-state index in [1.807, 2.05) is 6.26 Å². The van der Waals surface area contributed by atoms with Crippen molar-refractivity contribution in [3.05, 3.63) is 35.9 Å². The summed E-state index contributed by atoms with van der Waals surface area (Å²) in [6.45, 7) is 0. The highest BCUT2D eigenvalue weighted by molar-refractivity contribution is 7.99. The molecule has 3 aromatic heterocycles. The molecule has 3 rings (SSSR count). The summed E-state index contributed by atoms with van der Waals surface area (Å²) in [7, 11) is 0. The second-order valence-corrected chi connectivity index (χ2v) is 7.33. The molecule has 0 fully saturated rings. The van der Waals surface area contributed by atoms with Gasteiger partial charge in [0.2, 0.25) is 0 Å². The van der Waals surface area contributed by atoms with Crippen molar-refractivity contribution in [2.24, 2.45) is 0 Å². The predicted molar refractivity (Wildman–Crippen MR) is 96.4 cm³/mol. The second kappa shape index (κ2) is 7.75. The molecule has 26 heavy (non-hydrogen) atoms. The molecular weight excluding hydrogens is 385 g/mol. The molecule has 3 heterocycles. The summed E-state index contributed by atoms with van der Waals surface area (Å²) in [5.41, 5.74) is 6.90. The third-order valence-corrected chi connectivity index (χ3v) is 4.97. The van der Waals surface area contributed by atoms with Crippen LogP contribution in [0.3, 0.4) is 0 Å². The zero-order chi connectivity index (χ0) is 18.7. The van der Waals surface area contributed by atoms with Crippen LogP contribution in [0.1, 0.15) is 11.3 Å². The number of aromatic nitrogens is 3. The van der Waals surface area contributed by atoms with Crippen molar-refractivity contribution in [1.82, 2.24) is 15.0 Å². The van der Waals surface area contributed by atoms with Crippen molar-refractivity contribution in [3.8, 4) is 0 Å². The minimum Gasteiger partial charge on any atom is -0.462 e. The third kappa shape index (κ3) is 4.82. The van der Waals surface area contributed by atoms with Crippen molar-refractivity contribution in [2.45, 2.75) is 29.2 Å². The van der Waals surface area contributed by atoms with E-state index in [1.165, 1.54) is 29.7 Å². The number of pyridine rings is 1. The summed E-state index contributed by atoms with van der Waals surface area (Å²) in [6, 6.07) is 3.35. The summed E-state index contributed by atoms with van der Waals surface area (Å²) in [5.74, 6) is 1.03. The normalized spacial score (nSPS) is 12.0. The molecule has 0 aromatic carbocycles. The van der Waals surface area contributed by atoms with Crippen LogP contribution in [0.5, 0.6) is 0 Å². The van der Waals surface area contributed by atoms with E-state index in [-0.39, 0.29) is 5.56 Å². The van der Waals surface area contributed by atoms with Crippen LogP contribution < -0.4 is 5.73 Å². The van der Waals surface area contributed by atoms with Gasteiger partial charge in [0.15, 0.2) is 10.7 Å². The van der Waals surface area contributed by atoms with E-state index in [1.54, 1.807) is 12.1 Å². The molecule has 0 aliphatic carbocycles. The number of hydrogen-bond acceptors (Lipinski definition) is 7. The molecule has 2 N–H and O–H groups in total. The van der Waals surface area contributed by atoms with Crippen molar-refractivity contribution in [2.75, 3.05) is 17.7 Å². The lowest BCUT2D eigenvalue weighted by molar-refractivity contribution is -0.127. The van der Waals surface area contributed by atoms with E-state index in [0.29, 0.717) is 39.8 Å². The molecule has 0 aliphatic heterocycles. The van der Waals surface area contributed by atoms with Gasteiger partial charge in [0, 0.05) is 28.5 Å². The summed E-state index contributed by atoms with van der Waals surface area (Å²) < 4.78 is 43.1. The first-order chi connectivity index (χ1) is 12.3.